The van der Waals surface area contributed by atoms with Crippen molar-refractivity contribution in [2.45, 2.75) is 31.3 Å². The van der Waals surface area contributed by atoms with Crippen molar-refractivity contribution in [3.63, 3.8) is 0 Å². The molecule has 0 bridgehead atoms. The molecular formula is C11H17NO8. The van der Waals surface area contributed by atoms with Crippen LogP contribution in [0.25, 0.3) is 0 Å². The van der Waals surface area contributed by atoms with Gasteiger partial charge >= 0.3 is 17.9 Å². The number of carbonyl (C=O) groups excluding carboxylic acids is 1. The lowest BCUT2D eigenvalue weighted by atomic mass is 9.96. The van der Waals surface area contributed by atoms with Crippen LogP contribution in [-0.2, 0) is 19.2 Å². The Labute approximate surface area is 114 Å². The van der Waals surface area contributed by atoms with E-state index in [0.717, 1.165) is 19.4 Å². The van der Waals surface area contributed by atoms with Crippen LogP contribution in [0.15, 0.2) is 0 Å². The van der Waals surface area contributed by atoms with Gasteiger partial charge in [-0.2, -0.15) is 0 Å². The summed E-state index contributed by atoms with van der Waals surface area (Å²) in [6.07, 6.45) is -0.477. The first-order valence-electron chi connectivity index (χ1n) is 5.72. The number of hydrogen-bond acceptors (Lipinski definition) is 5. The zero-order valence-corrected chi connectivity index (χ0v) is 10.9. The van der Waals surface area contributed by atoms with Crippen LogP contribution >= 0.6 is 0 Å². The Kier molecular flexibility index (Phi) is 6.63. The average Bonchev–Trinajstić information content (AvgIpc) is 2.61. The van der Waals surface area contributed by atoms with Crippen molar-refractivity contribution in [2.24, 2.45) is 0 Å². The fourth-order valence-corrected chi connectivity index (χ4v) is 1.50. The molecule has 114 valence electrons. The fourth-order valence-electron chi connectivity index (χ4n) is 1.50. The molecule has 4 N–H and O–H groups in total. The predicted octanol–water partition coefficient (Wildman–Crippen LogP) is -1.01. The summed E-state index contributed by atoms with van der Waals surface area (Å²) in [7, 11) is 1.84. The molecule has 9 nitrogen and oxygen atoms in total. The third-order valence-corrected chi connectivity index (χ3v) is 2.60. The van der Waals surface area contributed by atoms with Crippen LogP contribution in [0.2, 0.25) is 0 Å². The monoisotopic (exact) mass is 291 g/mol. The Balaban J connectivity index is 0.000000428. The summed E-state index contributed by atoms with van der Waals surface area (Å²) >= 11 is 0. The zero-order chi connectivity index (χ0) is 15.9. The number of carboxylic acid groups (broad SMARTS) is 3. The summed E-state index contributed by atoms with van der Waals surface area (Å²) < 4.78 is 0. The molecule has 0 spiro atoms. The summed E-state index contributed by atoms with van der Waals surface area (Å²) in [6.45, 7) is 0.957. The Morgan fingerprint density at radius 1 is 1.15 bits per heavy atom. The lowest BCUT2D eigenvalue weighted by molar-refractivity contribution is -0.170. The van der Waals surface area contributed by atoms with Gasteiger partial charge in [0, 0.05) is 20.0 Å². The van der Waals surface area contributed by atoms with Crippen molar-refractivity contribution in [3.8, 4) is 0 Å². The predicted molar refractivity (Wildman–Crippen MR) is 64.0 cm³/mol. The van der Waals surface area contributed by atoms with Gasteiger partial charge in [0.15, 0.2) is 5.60 Å². The van der Waals surface area contributed by atoms with E-state index in [0.29, 0.717) is 5.91 Å². The molecule has 0 saturated carbocycles. The first kappa shape index (κ1) is 17.8. The average molecular weight is 291 g/mol. The van der Waals surface area contributed by atoms with Crippen LogP contribution in [0.1, 0.15) is 25.7 Å². The van der Waals surface area contributed by atoms with Gasteiger partial charge in [-0.15, -0.1) is 0 Å². The minimum absolute atomic E-state index is 0.292. The van der Waals surface area contributed by atoms with E-state index < -0.39 is 36.4 Å². The normalized spacial score (nSPS) is 14.5. The molecule has 9 heteroatoms. The van der Waals surface area contributed by atoms with E-state index in [1.54, 1.807) is 4.90 Å². The maximum atomic E-state index is 10.5. The number of nitrogens with zero attached hydrogens (tertiary/aromatic N) is 1. The van der Waals surface area contributed by atoms with Crippen LogP contribution in [-0.4, -0.2) is 68.3 Å². The van der Waals surface area contributed by atoms with E-state index in [1.165, 1.54) is 0 Å². The van der Waals surface area contributed by atoms with Crippen molar-refractivity contribution in [3.05, 3.63) is 0 Å². The van der Waals surface area contributed by atoms with Crippen molar-refractivity contribution in [1.82, 2.24) is 4.90 Å². The quantitative estimate of drug-likeness (QED) is 0.502. The molecule has 1 amide bonds. The molecule has 1 aliphatic rings. The SMILES string of the molecule is CN1CCCC1=O.O=C(O)CC(O)(CC(=O)O)C(=O)O. The summed E-state index contributed by atoms with van der Waals surface area (Å²) in [5.41, 5.74) is -2.74. The molecule has 0 atom stereocenters. The number of hydrogen-bond donors (Lipinski definition) is 4. The molecule has 0 radical (unpaired) electrons. The summed E-state index contributed by atoms with van der Waals surface area (Å²) in [5, 5.41) is 33.8. The second-order valence-electron chi connectivity index (χ2n) is 4.40. The van der Waals surface area contributed by atoms with E-state index >= 15 is 0 Å². The topological polar surface area (TPSA) is 152 Å². The molecular weight excluding hydrogens is 274 g/mol. The highest BCUT2D eigenvalue weighted by Gasteiger charge is 2.40. The maximum Gasteiger partial charge on any atom is 0.336 e. The summed E-state index contributed by atoms with van der Waals surface area (Å²) in [6, 6.07) is 0. The Morgan fingerprint density at radius 3 is 1.75 bits per heavy atom. The maximum absolute atomic E-state index is 10.5. The van der Waals surface area contributed by atoms with E-state index in [-0.39, 0.29) is 0 Å². The molecule has 0 aliphatic carbocycles. The van der Waals surface area contributed by atoms with Crippen LogP contribution in [0.3, 0.4) is 0 Å². The molecule has 0 aromatic rings. The van der Waals surface area contributed by atoms with Gasteiger partial charge in [0.25, 0.3) is 0 Å². The number of rotatable bonds is 5. The highest BCUT2D eigenvalue weighted by Crippen LogP contribution is 2.15. The van der Waals surface area contributed by atoms with Crippen LogP contribution < -0.4 is 0 Å². The second kappa shape index (κ2) is 7.43. The first-order chi connectivity index (χ1) is 9.08. The van der Waals surface area contributed by atoms with Crippen LogP contribution in [0, 0.1) is 0 Å². The summed E-state index contributed by atoms with van der Waals surface area (Å²) in [4.78, 5) is 42.7. The highest BCUT2D eigenvalue weighted by atomic mass is 16.4. The van der Waals surface area contributed by atoms with Gasteiger partial charge in [0.2, 0.25) is 5.91 Å². The van der Waals surface area contributed by atoms with Gasteiger partial charge in [-0.05, 0) is 6.42 Å². The molecule has 0 unspecified atom stereocenters. The minimum Gasteiger partial charge on any atom is -0.481 e. The van der Waals surface area contributed by atoms with E-state index in [4.69, 9.17) is 20.4 Å². The largest absolute Gasteiger partial charge is 0.481 e. The smallest absolute Gasteiger partial charge is 0.336 e. The van der Waals surface area contributed by atoms with Gasteiger partial charge in [-0.1, -0.05) is 0 Å². The number of aliphatic hydroxyl groups is 1. The molecule has 1 fully saturated rings. The molecule has 1 rings (SSSR count). The van der Waals surface area contributed by atoms with Crippen molar-refractivity contribution in [1.29, 1.82) is 0 Å². The van der Waals surface area contributed by atoms with Crippen LogP contribution in [0.5, 0.6) is 0 Å². The zero-order valence-electron chi connectivity index (χ0n) is 10.9. The number of amides is 1. The molecule has 20 heavy (non-hydrogen) atoms. The Morgan fingerprint density at radius 2 is 1.60 bits per heavy atom. The van der Waals surface area contributed by atoms with Gasteiger partial charge in [-0.3, -0.25) is 14.4 Å². The lowest BCUT2D eigenvalue weighted by Gasteiger charge is -2.18. The van der Waals surface area contributed by atoms with E-state index in [2.05, 4.69) is 0 Å². The Hall–Kier alpha value is -2.16. The third-order valence-electron chi connectivity index (χ3n) is 2.60. The second-order valence-corrected chi connectivity index (χ2v) is 4.40. The highest BCUT2D eigenvalue weighted by molar-refractivity contribution is 5.88. The van der Waals surface area contributed by atoms with E-state index in [1.807, 2.05) is 7.05 Å². The number of likely N-dealkylation sites (tertiary alicyclic amines) is 1. The van der Waals surface area contributed by atoms with Gasteiger partial charge in [-0.25, -0.2) is 4.79 Å². The summed E-state index contributed by atoms with van der Waals surface area (Å²) in [5.74, 6) is -4.73. The Bertz CT molecular complexity index is 389. The van der Waals surface area contributed by atoms with Gasteiger partial charge in [0.05, 0.1) is 12.8 Å². The molecule has 0 aromatic carbocycles. The number of carbonyl (C=O) groups is 4. The van der Waals surface area contributed by atoms with E-state index in [9.17, 15) is 19.2 Å². The van der Waals surface area contributed by atoms with Crippen molar-refractivity contribution in [2.75, 3.05) is 13.6 Å². The fraction of sp³-hybridized carbons (Fsp3) is 0.636. The molecule has 1 heterocycles. The molecule has 0 aromatic heterocycles. The standard InChI is InChI=1S/C6H8O7.C5H9NO/c7-3(8)1-6(13,5(11)12)2-4(9)10;1-6-4-2-3-5(6)7/h13H,1-2H2,(H,7,8)(H,9,10)(H,11,12);2-4H2,1H3. The van der Waals surface area contributed by atoms with Gasteiger partial charge < -0.3 is 25.3 Å². The molecule has 1 aliphatic heterocycles. The minimum atomic E-state index is -2.74. The molecule has 1 saturated heterocycles. The van der Waals surface area contributed by atoms with Crippen molar-refractivity contribution < 1.29 is 39.6 Å². The lowest BCUT2D eigenvalue weighted by Crippen LogP contribution is -2.42. The first-order valence-corrected chi connectivity index (χ1v) is 5.72. The van der Waals surface area contributed by atoms with Crippen LogP contribution in [0.4, 0.5) is 0 Å². The number of aliphatic carboxylic acids is 3. The van der Waals surface area contributed by atoms with Crippen molar-refractivity contribution >= 4 is 23.8 Å². The van der Waals surface area contributed by atoms with Gasteiger partial charge in [0.1, 0.15) is 0 Å². The third kappa shape index (κ3) is 6.14. The number of carboxylic acids is 3.